The Labute approximate surface area is 177 Å². The van der Waals surface area contributed by atoms with E-state index in [1.807, 2.05) is 0 Å². The monoisotopic (exact) mass is 448 g/mol. The summed E-state index contributed by atoms with van der Waals surface area (Å²) in [4.78, 5) is 27.2. The minimum Gasteiger partial charge on any atom is -0.495 e. The van der Waals surface area contributed by atoms with Crippen molar-refractivity contribution in [2.75, 3.05) is 7.11 Å². The number of thiophene rings is 1. The lowest BCUT2D eigenvalue weighted by molar-refractivity contribution is -0.384. The summed E-state index contributed by atoms with van der Waals surface area (Å²) in [5.74, 6) is -0.0623. The number of hydrogen-bond donors (Lipinski definition) is 0. The van der Waals surface area contributed by atoms with E-state index in [4.69, 9.17) is 32.7 Å². The summed E-state index contributed by atoms with van der Waals surface area (Å²) in [6.45, 7) is 0. The highest BCUT2D eigenvalue weighted by molar-refractivity contribution is 7.22. The molecule has 0 saturated heterocycles. The van der Waals surface area contributed by atoms with Crippen molar-refractivity contribution in [1.29, 1.82) is 0 Å². The molecular formula is C19H10Cl2N2O5S. The maximum absolute atomic E-state index is 12.2. The molecule has 0 bridgehead atoms. The second-order valence-corrected chi connectivity index (χ2v) is 7.66. The number of rotatable bonds is 4. The number of fused-ring (bicyclic) bond motifs is 1. The molecule has 29 heavy (non-hydrogen) atoms. The molecule has 1 aliphatic rings. The van der Waals surface area contributed by atoms with Crippen molar-refractivity contribution in [3.05, 3.63) is 72.7 Å². The SMILES string of the molecule is COc1ccc2c(Cl)c(C3=N/C(=C\c4ccc([N+](=O)[O-])cc4)C(=O)O3)sc2c1Cl. The number of nitrogens with zero attached hydrogens (tertiary/aromatic N) is 2. The molecular weight excluding hydrogens is 439 g/mol. The third-order valence-corrected chi connectivity index (χ3v) is 6.35. The Hall–Kier alpha value is -2.94. The third-order valence-electron chi connectivity index (χ3n) is 4.14. The summed E-state index contributed by atoms with van der Waals surface area (Å²) >= 11 is 14.1. The predicted molar refractivity (Wildman–Crippen MR) is 112 cm³/mol. The van der Waals surface area contributed by atoms with Gasteiger partial charge in [-0.05, 0) is 35.9 Å². The van der Waals surface area contributed by atoms with E-state index < -0.39 is 10.9 Å². The lowest BCUT2D eigenvalue weighted by Crippen LogP contribution is -2.04. The zero-order valence-corrected chi connectivity index (χ0v) is 17.0. The Morgan fingerprint density at radius 1 is 1.17 bits per heavy atom. The quantitative estimate of drug-likeness (QED) is 0.228. The molecule has 2 aromatic carbocycles. The van der Waals surface area contributed by atoms with Crippen molar-refractivity contribution < 1.29 is 19.2 Å². The first-order chi connectivity index (χ1) is 13.9. The molecule has 0 spiro atoms. The van der Waals surface area contributed by atoms with E-state index in [2.05, 4.69) is 4.99 Å². The van der Waals surface area contributed by atoms with Gasteiger partial charge in [0.15, 0.2) is 5.70 Å². The maximum Gasteiger partial charge on any atom is 0.363 e. The average molecular weight is 449 g/mol. The van der Waals surface area contributed by atoms with Gasteiger partial charge in [-0.1, -0.05) is 23.2 Å². The minimum absolute atomic E-state index is 0.0466. The van der Waals surface area contributed by atoms with Gasteiger partial charge >= 0.3 is 5.97 Å². The van der Waals surface area contributed by atoms with Gasteiger partial charge in [-0.25, -0.2) is 9.79 Å². The van der Waals surface area contributed by atoms with E-state index in [1.165, 1.54) is 48.8 Å². The van der Waals surface area contributed by atoms with Gasteiger partial charge in [-0.2, -0.15) is 0 Å². The number of nitro benzene ring substituents is 1. The van der Waals surface area contributed by atoms with E-state index in [0.717, 1.165) is 0 Å². The Bertz CT molecular complexity index is 1230. The van der Waals surface area contributed by atoms with Crippen molar-refractivity contribution in [3.8, 4) is 5.75 Å². The number of carbonyl (C=O) groups excluding carboxylic acids is 1. The van der Waals surface area contributed by atoms with E-state index in [1.54, 1.807) is 12.1 Å². The van der Waals surface area contributed by atoms with Gasteiger partial charge in [0, 0.05) is 17.5 Å². The molecule has 2 heterocycles. The highest BCUT2D eigenvalue weighted by atomic mass is 35.5. The Morgan fingerprint density at radius 2 is 1.90 bits per heavy atom. The largest absolute Gasteiger partial charge is 0.495 e. The molecule has 0 aliphatic carbocycles. The van der Waals surface area contributed by atoms with Gasteiger partial charge in [0.25, 0.3) is 5.69 Å². The van der Waals surface area contributed by atoms with Gasteiger partial charge in [-0.3, -0.25) is 10.1 Å². The minimum atomic E-state index is -0.643. The molecule has 0 radical (unpaired) electrons. The van der Waals surface area contributed by atoms with Crippen LogP contribution in [0.25, 0.3) is 16.2 Å². The van der Waals surface area contributed by atoms with Crippen molar-refractivity contribution in [2.45, 2.75) is 0 Å². The number of esters is 1. The molecule has 0 atom stereocenters. The van der Waals surface area contributed by atoms with Crippen LogP contribution in [0.4, 0.5) is 5.69 Å². The predicted octanol–water partition coefficient (Wildman–Crippen LogP) is 5.47. The Kier molecular flexibility index (Phi) is 4.99. The fourth-order valence-corrected chi connectivity index (χ4v) is 4.55. The number of hydrogen-bond acceptors (Lipinski definition) is 7. The van der Waals surface area contributed by atoms with Crippen LogP contribution in [0.15, 0.2) is 47.1 Å². The Balaban J connectivity index is 1.73. The molecule has 7 nitrogen and oxygen atoms in total. The number of benzene rings is 2. The molecule has 0 saturated carbocycles. The maximum atomic E-state index is 12.2. The van der Waals surface area contributed by atoms with Crippen molar-refractivity contribution >= 4 is 68.3 Å². The number of methoxy groups -OCH3 is 1. The molecule has 4 rings (SSSR count). The number of halogens is 2. The third kappa shape index (κ3) is 3.46. The van der Waals surface area contributed by atoms with Gasteiger partial charge in [0.2, 0.25) is 5.90 Å². The molecule has 0 fully saturated rings. The number of cyclic esters (lactones) is 1. The van der Waals surface area contributed by atoms with Crippen LogP contribution in [-0.4, -0.2) is 23.9 Å². The fraction of sp³-hybridized carbons (Fsp3) is 0.0526. The standard InChI is InChI=1S/C19H10Cl2N2O5S/c1-27-13-7-6-11-14(20)17(29-16(11)15(13)21)18-22-12(19(24)28-18)8-9-2-4-10(5-3-9)23(25)26/h2-8H,1H3/b12-8-. The van der Waals surface area contributed by atoms with Crippen LogP contribution < -0.4 is 4.74 Å². The fourth-order valence-electron chi connectivity index (χ4n) is 2.73. The molecule has 10 heteroatoms. The smallest absolute Gasteiger partial charge is 0.363 e. The second kappa shape index (κ2) is 7.47. The zero-order valence-electron chi connectivity index (χ0n) is 14.6. The van der Waals surface area contributed by atoms with E-state index in [-0.39, 0.29) is 17.3 Å². The van der Waals surface area contributed by atoms with Crippen LogP contribution in [0.3, 0.4) is 0 Å². The van der Waals surface area contributed by atoms with Crippen LogP contribution >= 0.6 is 34.5 Å². The first-order valence-electron chi connectivity index (χ1n) is 8.11. The van der Waals surface area contributed by atoms with Gasteiger partial charge < -0.3 is 9.47 Å². The molecule has 1 aliphatic heterocycles. The highest BCUT2D eigenvalue weighted by Gasteiger charge is 2.28. The topological polar surface area (TPSA) is 91.0 Å². The number of aliphatic imine (C=N–C) groups is 1. The van der Waals surface area contributed by atoms with Gasteiger partial charge in [-0.15, -0.1) is 11.3 Å². The van der Waals surface area contributed by atoms with E-state index >= 15 is 0 Å². The molecule has 1 aromatic heterocycles. The van der Waals surface area contributed by atoms with Crippen LogP contribution in [-0.2, 0) is 9.53 Å². The van der Waals surface area contributed by atoms with Gasteiger partial charge in [0.05, 0.1) is 21.8 Å². The van der Waals surface area contributed by atoms with Crippen LogP contribution in [0, 0.1) is 10.1 Å². The van der Waals surface area contributed by atoms with Crippen molar-refractivity contribution in [2.24, 2.45) is 4.99 Å². The summed E-state index contributed by atoms with van der Waals surface area (Å²) in [5, 5.41) is 12.2. The summed E-state index contributed by atoms with van der Waals surface area (Å²) in [6, 6.07) is 9.20. The molecule has 0 amide bonds. The van der Waals surface area contributed by atoms with Crippen LogP contribution in [0.5, 0.6) is 5.75 Å². The zero-order chi connectivity index (χ0) is 20.7. The Morgan fingerprint density at radius 3 is 2.55 bits per heavy atom. The van der Waals surface area contributed by atoms with Crippen molar-refractivity contribution in [3.63, 3.8) is 0 Å². The first kappa shape index (κ1) is 19.4. The number of non-ortho nitro benzene ring substituents is 1. The summed E-state index contributed by atoms with van der Waals surface area (Å²) in [6.07, 6.45) is 1.48. The molecule has 146 valence electrons. The molecule has 3 aromatic rings. The van der Waals surface area contributed by atoms with Crippen molar-refractivity contribution in [1.82, 2.24) is 0 Å². The summed E-state index contributed by atoms with van der Waals surface area (Å²) in [5.41, 5.74) is 0.587. The highest BCUT2D eigenvalue weighted by Crippen LogP contribution is 2.44. The molecule has 0 unspecified atom stereocenters. The first-order valence-corrected chi connectivity index (χ1v) is 9.68. The lowest BCUT2D eigenvalue weighted by Gasteiger charge is -2.02. The number of carbonyl (C=O) groups is 1. The summed E-state index contributed by atoms with van der Waals surface area (Å²) < 4.78 is 11.2. The van der Waals surface area contributed by atoms with E-state index in [0.29, 0.717) is 36.3 Å². The average Bonchev–Trinajstić information content (AvgIpc) is 3.23. The normalized spacial score (nSPS) is 14.9. The van der Waals surface area contributed by atoms with E-state index in [9.17, 15) is 14.9 Å². The summed E-state index contributed by atoms with van der Waals surface area (Å²) in [7, 11) is 1.52. The van der Waals surface area contributed by atoms with Crippen LogP contribution in [0.1, 0.15) is 10.4 Å². The molecule has 0 N–H and O–H groups in total. The number of ether oxygens (including phenoxy) is 2. The second-order valence-electron chi connectivity index (χ2n) is 5.89. The lowest BCUT2D eigenvalue weighted by atomic mass is 10.2. The number of nitro groups is 1. The van der Waals surface area contributed by atoms with Crippen LogP contribution in [0.2, 0.25) is 10.0 Å². The van der Waals surface area contributed by atoms with Gasteiger partial charge in [0.1, 0.15) is 15.6 Å².